The van der Waals surface area contributed by atoms with E-state index in [4.69, 9.17) is 28.2 Å². The third kappa shape index (κ3) is 5.07. The van der Waals surface area contributed by atoms with Crippen LogP contribution >= 0.6 is 23.2 Å². The van der Waals surface area contributed by atoms with Crippen LogP contribution in [0.15, 0.2) is 54.9 Å². The third-order valence-electron chi connectivity index (χ3n) is 7.46. The fourth-order valence-electron chi connectivity index (χ4n) is 5.19. The van der Waals surface area contributed by atoms with E-state index in [1.807, 2.05) is 17.0 Å². The van der Waals surface area contributed by atoms with E-state index in [0.29, 0.717) is 33.7 Å². The van der Waals surface area contributed by atoms with Gasteiger partial charge in [-0.1, -0.05) is 29.3 Å². The highest BCUT2D eigenvalue weighted by Crippen LogP contribution is 2.32. The molecule has 200 valence electrons. The number of halogens is 2. The van der Waals surface area contributed by atoms with Crippen LogP contribution in [-0.4, -0.2) is 58.6 Å². The van der Waals surface area contributed by atoms with Crippen molar-refractivity contribution in [2.45, 2.75) is 19.8 Å². The molecule has 0 bridgehead atoms. The fraction of sp³-hybridized carbons (Fsp3) is 0.276. The van der Waals surface area contributed by atoms with Gasteiger partial charge in [0.25, 0.3) is 5.91 Å². The van der Waals surface area contributed by atoms with Crippen molar-refractivity contribution in [3.63, 3.8) is 0 Å². The first kappa shape index (κ1) is 25.7. The molecular formula is C29H29Cl2N7O. The molecule has 0 radical (unpaired) electrons. The minimum atomic E-state index is -0.259. The monoisotopic (exact) mass is 561 g/mol. The summed E-state index contributed by atoms with van der Waals surface area (Å²) in [6.45, 7) is 6.30. The molecular weight excluding hydrogens is 533 g/mol. The summed E-state index contributed by atoms with van der Waals surface area (Å²) in [5.41, 5.74) is 6.23. The lowest BCUT2D eigenvalue weighted by Crippen LogP contribution is -2.44. The van der Waals surface area contributed by atoms with E-state index in [1.165, 1.54) is 5.69 Å². The zero-order valence-corrected chi connectivity index (χ0v) is 23.4. The lowest BCUT2D eigenvalue weighted by molar-refractivity contribution is 0.102. The Kier molecular flexibility index (Phi) is 6.93. The lowest BCUT2D eigenvalue weighted by atomic mass is 10.0. The standard InChI is InChI=1S/C29H29Cl2N7O/c1-18-16-20(37-14-12-36(2)13-15-37)7-8-24(18)33-29-32-17-19-6-9-25-21(10-11-38(25)27(19)35-29)28(39)34-26-22(30)4-3-5-23(26)31/h3-5,7-8,10-11,16-17H,6,9,12-15H2,1-2H3,(H,34,39)(H,32,33,35). The van der Waals surface area contributed by atoms with Gasteiger partial charge in [-0.15, -0.1) is 0 Å². The Bertz CT molecular complexity index is 1540. The Balaban J connectivity index is 1.23. The molecule has 1 saturated heterocycles. The van der Waals surface area contributed by atoms with Gasteiger partial charge in [-0.3, -0.25) is 4.79 Å². The number of hydrogen-bond donors (Lipinski definition) is 2. The molecule has 10 heteroatoms. The van der Waals surface area contributed by atoms with Gasteiger partial charge in [-0.25, -0.2) is 4.98 Å². The number of aromatic nitrogens is 3. The minimum absolute atomic E-state index is 0.259. The summed E-state index contributed by atoms with van der Waals surface area (Å²) >= 11 is 12.5. The van der Waals surface area contributed by atoms with Gasteiger partial charge in [-0.05, 0) is 68.8 Å². The predicted octanol–water partition coefficient (Wildman–Crippen LogP) is 5.73. The molecule has 2 aromatic heterocycles. The molecule has 0 unspecified atom stereocenters. The van der Waals surface area contributed by atoms with Crippen molar-refractivity contribution in [2.75, 3.05) is 48.8 Å². The number of fused-ring (bicyclic) bond motifs is 3. The molecule has 4 aromatic rings. The molecule has 0 aliphatic carbocycles. The molecule has 2 aliphatic rings. The minimum Gasteiger partial charge on any atom is -0.369 e. The maximum absolute atomic E-state index is 13.2. The first-order valence-corrected chi connectivity index (χ1v) is 13.8. The summed E-state index contributed by atoms with van der Waals surface area (Å²) < 4.78 is 1.97. The van der Waals surface area contributed by atoms with Crippen LogP contribution in [0.4, 0.5) is 23.0 Å². The van der Waals surface area contributed by atoms with Gasteiger partial charge < -0.3 is 25.0 Å². The molecule has 2 aromatic carbocycles. The number of anilines is 4. The molecule has 1 amide bonds. The van der Waals surface area contributed by atoms with E-state index in [2.05, 4.69) is 57.6 Å². The number of carbonyl (C=O) groups excluding carboxylic acids is 1. The second-order valence-electron chi connectivity index (χ2n) is 10.1. The van der Waals surface area contributed by atoms with Gasteiger partial charge in [0.05, 0.1) is 21.3 Å². The summed E-state index contributed by atoms with van der Waals surface area (Å²) in [5.74, 6) is 1.03. The number of nitrogens with zero attached hydrogens (tertiary/aromatic N) is 5. The molecule has 0 atom stereocenters. The Morgan fingerprint density at radius 1 is 1.00 bits per heavy atom. The summed E-state index contributed by atoms with van der Waals surface area (Å²) in [6.07, 6.45) is 5.18. The van der Waals surface area contributed by atoms with Crippen molar-refractivity contribution in [3.8, 4) is 5.82 Å². The number of rotatable bonds is 5. The van der Waals surface area contributed by atoms with E-state index in [1.54, 1.807) is 24.3 Å². The molecule has 2 aliphatic heterocycles. The van der Waals surface area contributed by atoms with Crippen LogP contribution in [0.3, 0.4) is 0 Å². The number of piperazine rings is 1. The van der Waals surface area contributed by atoms with Crippen LogP contribution in [0.5, 0.6) is 0 Å². The summed E-state index contributed by atoms with van der Waals surface area (Å²) in [4.78, 5) is 27.4. The number of likely N-dealkylation sites (N-methyl/N-ethyl adjacent to an activating group) is 1. The average Bonchev–Trinajstić information content (AvgIpc) is 3.37. The van der Waals surface area contributed by atoms with Gasteiger partial charge in [0, 0.05) is 61.2 Å². The Labute approximate surface area is 237 Å². The highest BCUT2D eigenvalue weighted by molar-refractivity contribution is 6.40. The first-order chi connectivity index (χ1) is 18.9. The third-order valence-corrected chi connectivity index (χ3v) is 8.09. The first-order valence-electron chi connectivity index (χ1n) is 13.0. The number of hydrogen-bond acceptors (Lipinski definition) is 6. The van der Waals surface area contributed by atoms with Gasteiger partial charge in [0.1, 0.15) is 5.82 Å². The second-order valence-corrected chi connectivity index (χ2v) is 10.9. The molecule has 8 nitrogen and oxygen atoms in total. The highest BCUT2D eigenvalue weighted by atomic mass is 35.5. The molecule has 0 spiro atoms. The van der Waals surface area contributed by atoms with Crippen molar-refractivity contribution in [1.29, 1.82) is 0 Å². The summed E-state index contributed by atoms with van der Waals surface area (Å²) in [6, 6.07) is 13.4. The van der Waals surface area contributed by atoms with Crippen LogP contribution in [0.25, 0.3) is 5.82 Å². The van der Waals surface area contributed by atoms with Crippen LogP contribution < -0.4 is 15.5 Å². The van der Waals surface area contributed by atoms with Crippen LogP contribution in [-0.2, 0) is 12.8 Å². The number of amides is 1. The summed E-state index contributed by atoms with van der Waals surface area (Å²) in [5, 5.41) is 7.05. The smallest absolute Gasteiger partial charge is 0.257 e. The van der Waals surface area contributed by atoms with E-state index in [-0.39, 0.29) is 5.91 Å². The maximum atomic E-state index is 13.2. The van der Waals surface area contributed by atoms with E-state index in [0.717, 1.165) is 60.9 Å². The number of nitrogens with one attached hydrogen (secondary N) is 2. The second kappa shape index (κ2) is 10.5. The molecule has 4 heterocycles. The molecule has 6 rings (SSSR count). The molecule has 39 heavy (non-hydrogen) atoms. The highest BCUT2D eigenvalue weighted by Gasteiger charge is 2.25. The Morgan fingerprint density at radius 2 is 1.77 bits per heavy atom. The summed E-state index contributed by atoms with van der Waals surface area (Å²) in [7, 11) is 2.16. The van der Waals surface area contributed by atoms with Crippen molar-refractivity contribution >= 4 is 52.1 Å². The van der Waals surface area contributed by atoms with E-state index < -0.39 is 0 Å². The van der Waals surface area contributed by atoms with Crippen molar-refractivity contribution < 1.29 is 4.79 Å². The predicted molar refractivity (Wildman–Crippen MR) is 157 cm³/mol. The number of carbonyl (C=O) groups is 1. The Morgan fingerprint density at radius 3 is 2.51 bits per heavy atom. The van der Waals surface area contributed by atoms with Gasteiger partial charge in [0.15, 0.2) is 0 Å². The largest absolute Gasteiger partial charge is 0.369 e. The quantitative estimate of drug-likeness (QED) is 0.324. The SMILES string of the molecule is Cc1cc(N2CCN(C)CC2)ccc1Nc1ncc2c(n1)-n1ccc(C(=O)Nc3c(Cl)cccc3Cl)c1CC2. The van der Waals surface area contributed by atoms with E-state index in [9.17, 15) is 4.79 Å². The molecule has 0 saturated carbocycles. The molecule has 2 N–H and O–H groups in total. The topological polar surface area (TPSA) is 78.3 Å². The van der Waals surface area contributed by atoms with Crippen LogP contribution in [0.2, 0.25) is 10.0 Å². The van der Waals surface area contributed by atoms with Gasteiger partial charge >= 0.3 is 0 Å². The zero-order valence-electron chi connectivity index (χ0n) is 21.8. The lowest BCUT2D eigenvalue weighted by Gasteiger charge is -2.34. The van der Waals surface area contributed by atoms with Gasteiger partial charge in [-0.2, -0.15) is 4.98 Å². The molecule has 1 fully saturated rings. The number of para-hydroxylation sites is 1. The van der Waals surface area contributed by atoms with Crippen molar-refractivity contribution in [1.82, 2.24) is 19.4 Å². The number of benzene rings is 2. The Hall–Kier alpha value is -3.59. The fourth-order valence-corrected chi connectivity index (χ4v) is 5.68. The van der Waals surface area contributed by atoms with Crippen molar-refractivity contribution in [2.24, 2.45) is 0 Å². The van der Waals surface area contributed by atoms with Crippen molar-refractivity contribution in [3.05, 3.63) is 87.3 Å². The van der Waals surface area contributed by atoms with E-state index >= 15 is 0 Å². The van der Waals surface area contributed by atoms with Gasteiger partial charge in [0.2, 0.25) is 5.95 Å². The normalized spacial score (nSPS) is 15.0. The zero-order chi connectivity index (χ0) is 27.1. The van der Waals surface area contributed by atoms with Crippen LogP contribution in [0, 0.1) is 6.92 Å². The maximum Gasteiger partial charge on any atom is 0.257 e. The van der Waals surface area contributed by atoms with Crippen LogP contribution in [0.1, 0.15) is 27.2 Å². The number of aryl methyl sites for hydroxylation is 2. The average molecular weight is 563 g/mol.